The third kappa shape index (κ3) is 6.64. The zero-order valence-electron chi connectivity index (χ0n) is 17.8. The van der Waals surface area contributed by atoms with E-state index in [-0.39, 0.29) is 11.7 Å². The van der Waals surface area contributed by atoms with Crippen LogP contribution in [0.5, 0.6) is 0 Å². The molecule has 4 rings (SSSR count). The second kappa shape index (κ2) is 9.52. The average Bonchev–Trinajstić information content (AvgIpc) is 3.57. The summed E-state index contributed by atoms with van der Waals surface area (Å²) in [4.78, 5) is 23.5. The lowest BCUT2D eigenvalue weighted by Crippen LogP contribution is -2.37. The van der Waals surface area contributed by atoms with E-state index in [9.17, 15) is 13.9 Å². The Morgan fingerprint density at radius 2 is 1.90 bits per heavy atom. The first-order valence-corrected chi connectivity index (χ1v) is 12.8. The zero-order valence-corrected chi connectivity index (χ0v) is 18.6. The minimum atomic E-state index is -2.73. The van der Waals surface area contributed by atoms with Crippen LogP contribution >= 0.6 is 10.6 Å². The van der Waals surface area contributed by atoms with Crippen LogP contribution in [0.25, 0.3) is 11.4 Å². The smallest absolute Gasteiger partial charge is 0.224 e. The predicted octanol–water partition coefficient (Wildman–Crippen LogP) is 3.99. The molecule has 1 amide bonds. The van der Waals surface area contributed by atoms with Gasteiger partial charge in [-0.3, -0.25) is 13.9 Å². The van der Waals surface area contributed by atoms with Crippen LogP contribution in [0.3, 0.4) is 0 Å². The number of nitrogens with one attached hydrogen (secondary N) is 1. The highest BCUT2D eigenvalue weighted by Gasteiger charge is 2.22. The van der Waals surface area contributed by atoms with Crippen LogP contribution in [0, 0.1) is 5.92 Å². The monoisotopic (exact) mass is 446 g/mol. The Bertz CT molecular complexity index is 907. The Hall–Kier alpha value is -2.20. The van der Waals surface area contributed by atoms with Gasteiger partial charge in [0.1, 0.15) is 5.82 Å². The molecule has 31 heavy (non-hydrogen) atoms. The molecule has 0 radical (unpaired) electrons. The highest BCUT2D eigenvalue weighted by molar-refractivity contribution is 8.23. The van der Waals surface area contributed by atoms with Gasteiger partial charge in [-0.1, -0.05) is 12.8 Å². The molecule has 3 N–H and O–H groups in total. The summed E-state index contributed by atoms with van der Waals surface area (Å²) in [5, 5.41) is 2.94. The summed E-state index contributed by atoms with van der Waals surface area (Å²) >= 11 is 0. The van der Waals surface area contributed by atoms with Gasteiger partial charge in [0, 0.05) is 43.1 Å². The van der Waals surface area contributed by atoms with E-state index < -0.39 is 10.6 Å². The number of ether oxygens (including phenoxy) is 1. The summed E-state index contributed by atoms with van der Waals surface area (Å²) < 4.78 is 25.3. The van der Waals surface area contributed by atoms with E-state index in [4.69, 9.17) is 9.72 Å². The molecule has 0 bridgehead atoms. The molecule has 2 aromatic rings. The normalized spacial score (nSPS) is 17.5. The largest absolute Gasteiger partial charge is 0.378 e. The quantitative estimate of drug-likeness (QED) is 0.563. The number of morpholine rings is 1. The molecular formula is C22H30N4O4S. The first-order valence-electron chi connectivity index (χ1n) is 10.7. The number of benzene rings is 1. The minimum Gasteiger partial charge on any atom is -0.378 e. The summed E-state index contributed by atoms with van der Waals surface area (Å²) in [7, 11) is -2.73. The van der Waals surface area contributed by atoms with E-state index in [0.717, 1.165) is 42.5 Å². The van der Waals surface area contributed by atoms with Crippen LogP contribution < -0.4 is 10.2 Å². The summed E-state index contributed by atoms with van der Waals surface area (Å²) in [6.07, 6.45) is 5.45. The third-order valence-corrected chi connectivity index (χ3v) is 6.27. The predicted molar refractivity (Wildman–Crippen MR) is 124 cm³/mol. The standard InChI is InChI=1S/C22H30N4O4S/c1-31(28,29)15-19-14-20(26-10-12-30-13-11-26)25-22(24-19)17-5-7-18(8-6-17)23-21(27)9-4-16-2-3-16/h5-8,14,16,28-29H,2-4,9-13,15H2,1H3,(H,23,27). The molecule has 0 spiro atoms. The van der Waals surface area contributed by atoms with Gasteiger partial charge < -0.3 is 15.0 Å². The van der Waals surface area contributed by atoms with Crippen LogP contribution in [-0.4, -0.2) is 57.5 Å². The van der Waals surface area contributed by atoms with Crippen molar-refractivity contribution in [3.8, 4) is 11.4 Å². The molecule has 2 fully saturated rings. The minimum absolute atomic E-state index is 0.0423. The van der Waals surface area contributed by atoms with Gasteiger partial charge in [0.25, 0.3) is 0 Å². The maximum atomic E-state index is 12.1. The van der Waals surface area contributed by atoms with Gasteiger partial charge in [0.2, 0.25) is 5.91 Å². The molecule has 1 aromatic heterocycles. The second-order valence-electron chi connectivity index (χ2n) is 8.39. The molecule has 1 aliphatic carbocycles. The highest BCUT2D eigenvalue weighted by atomic mass is 32.3. The van der Waals surface area contributed by atoms with Crippen molar-refractivity contribution < 1.29 is 18.6 Å². The summed E-state index contributed by atoms with van der Waals surface area (Å²) in [6, 6.07) is 9.27. The van der Waals surface area contributed by atoms with Gasteiger partial charge in [-0.15, -0.1) is 0 Å². The fraction of sp³-hybridized carbons (Fsp3) is 0.500. The second-order valence-corrected chi connectivity index (χ2v) is 10.7. The first kappa shape index (κ1) is 22.0. The summed E-state index contributed by atoms with van der Waals surface area (Å²) in [6.45, 7) is 2.72. The summed E-state index contributed by atoms with van der Waals surface area (Å²) in [5.74, 6) is 2.13. The Morgan fingerprint density at radius 3 is 2.55 bits per heavy atom. The fourth-order valence-corrected chi connectivity index (χ4v) is 4.30. The molecule has 0 unspecified atom stereocenters. The molecule has 8 nitrogen and oxygen atoms in total. The van der Waals surface area contributed by atoms with Crippen molar-refractivity contribution in [2.75, 3.05) is 42.8 Å². The number of rotatable bonds is 8. The Morgan fingerprint density at radius 1 is 1.19 bits per heavy atom. The molecule has 1 aliphatic heterocycles. The Kier molecular flexibility index (Phi) is 6.76. The van der Waals surface area contributed by atoms with Crippen molar-refractivity contribution in [1.82, 2.24) is 9.97 Å². The average molecular weight is 447 g/mol. The number of nitrogens with zero attached hydrogens (tertiary/aromatic N) is 3. The number of anilines is 2. The Labute approximate surface area is 184 Å². The van der Waals surface area contributed by atoms with Crippen LogP contribution in [0.15, 0.2) is 30.3 Å². The van der Waals surface area contributed by atoms with Crippen LogP contribution in [0.2, 0.25) is 0 Å². The van der Waals surface area contributed by atoms with Gasteiger partial charge in [0.15, 0.2) is 5.82 Å². The van der Waals surface area contributed by atoms with Gasteiger partial charge in [-0.2, -0.15) is 10.6 Å². The lowest BCUT2D eigenvalue weighted by molar-refractivity contribution is -0.116. The topological polar surface area (TPSA) is 108 Å². The number of carbonyl (C=O) groups is 1. The van der Waals surface area contributed by atoms with Crippen molar-refractivity contribution in [2.45, 2.75) is 31.4 Å². The van der Waals surface area contributed by atoms with Crippen LogP contribution in [0.1, 0.15) is 31.4 Å². The number of carbonyl (C=O) groups excluding carboxylic acids is 1. The number of amides is 1. The van der Waals surface area contributed by atoms with E-state index in [2.05, 4.69) is 15.2 Å². The van der Waals surface area contributed by atoms with Crippen molar-refractivity contribution in [3.05, 3.63) is 36.0 Å². The van der Waals surface area contributed by atoms with E-state index >= 15 is 0 Å². The van der Waals surface area contributed by atoms with Crippen molar-refractivity contribution in [3.63, 3.8) is 0 Å². The number of aromatic nitrogens is 2. The molecular weight excluding hydrogens is 416 g/mol. The Balaban J connectivity index is 1.52. The number of hydrogen-bond donors (Lipinski definition) is 3. The van der Waals surface area contributed by atoms with Gasteiger partial charge >= 0.3 is 0 Å². The molecule has 0 atom stereocenters. The van der Waals surface area contributed by atoms with Crippen LogP contribution in [0.4, 0.5) is 11.5 Å². The van der Waals surface area contributed by atoms with E-state index in [1.54, 1.807) is 0 Å². The van der Waals surface area contributed by atoms with Gasteiger partial charge in [-0.25, -0.2) is 9.97 Å². The molecule has 2 aliphatic rings. The maximum absolute atomic E-state index is 12.1. The van der Waals surface area contributed by atoms with Crippen LogP contribution in [-0.2, 0) is 15.3 Å². The van der Waals surface area contributed by atoms with E-state index in [1.807, 2.05) is 30.3 Å². The first-order chi connectivity index (χ1) is 14.9. The third-order valence-electron chi connectivity index (χ3n) is 5.43. The van der Waals surface area contributed by atoms with Gasteiger partial charge in [0.05, 0.1) is 24.7 Å². The van der Waals surface area contributed by atoms with E-state index in [1.165, 1.54) is 19.1 Å². The summed E-state index contributed by atoms with van der Waals surface area (Å²) in [5.41, 5.74) is 2.14. The zero-order chi connectivity index (χ0) is 21.8. The van der Waals surface area contributed by atoms with E-state index in [0.29, 0.717) is 31.2 Å². The fourth-order valence-electron chi connectivity index (χ4n) is 3.59. The SMILES string of the molecule is CS(O)(O)Cc1cc(N2CCOCC2)nc(-c2ccc(NC(=O)CCC3CC3)cc2)n1. The van der Waals surface area contributed by atoms with Crippen molar-refractivity contribution in [2.24, 2.45) is 5.92 Å². The number of hydrogen-bond acceptors (Lipinski definition) is 7. The van der Waals surface area contributed by atoms with Crippen molar-refractivity contribution >= 4 is 28.0 Å². The molecule has 1 aromatic carbocycles. The molecule has 1 saturated carbocycles. The lowest BCUT2D eigenvalue weighted by atomic mass is 10.1. The maximum Gasteiger partial charge on any atom is 0.224 e. The lowest BCUT2D eigenvalue weighted by Gasteiger charge is -2.30. The highest BCUT2D eigenvalue weighted by Crippen LogP contribution is 2.38. The molecule has 1 saturated heterocycles. The van der Waals surface area contributed by atoms with Crippen molar-refractivity contribution in [1.29, 1.82) is 0 Å². The molecule has 9 heteroatoms. The van der Waals surface area contributed by atoms with Gasteiger partial charge in [-0.05, 0) is 36.6 Å². The molecule has 2 heterocycles. The molecule has 168 valence electrons.